The van der Waals surface area contributed by atoms with E-state index in [1.54, 1.807) is 51.1 Å². The normalized spacial score (nSPS) is 12.3. The van der Waals surface area contributed by atoms with Gasteiger partial charge in [-0.3, -0.25) is 9.69 Å². The molecule has 1 amide bonds. The van der Waals surface area contributed by atoms with E-state index in [4.69, 9.17) is 9.84 Å². The van der Waals surface area contributed by atoms with Crippen molar-refractivity contribution in [3.05, 3.63) is 35.9 Å². The number of nitrogens with zero attached hydrogens (tertiary/aromatic N) is 1. The summed E-state index contributed by atoms with van der Waals surface area (Å²) in [4.78, 5) is 35.9. The van der Waals surface area contributed by atoms with Crippen molar-refractivity contribution < 1.29 is 29.3 Å². The lowest BCUT2D eigenvalue weighted by atomic mass is 10.1. The van der Waals surface area contributed by atoms with E-state index in [1.165, 1.54) is 0 Å². The van der Waals surface area contributed by atoms with Crippen molar-refractivity contribution in [2.24, 2.45) is 0 Å². The minimum atomic E-state index is -1.28. The summed E-state index contributed by atoms with van der Waals surface area (Å²) < 4.78 is 5.29. The summed E-state index contributed by atoms with van der Waals surface area (Å²) in [6.45, 7) is 5.06. The molecule has 0 aliphatic rings. The number of ether oxygens (including phenoxy) is 1. The fourth-order valence-corrected chi connectivity index (χ4v) is 2.08. The number of benzene rings is 1. The lowest BCUT2D eigenvalue weighted by Gasteiger charge is -2.31. The molecule has 0 heterocycles. The molecule has 0 fully saturated rings. The first-order valence-electron chi connectivity index (χ1n) is 7.58. The van der Waals surface area contributed by atoms with Crippen molar-refractivity contribution in [3.63, 3.8) is 0 Å². The average Bonchev–Trinajstić information content (AvgIpc) is 2.44. The van der Waals surface area contributed by atoms with Gasteiger partial charge in [-0.25, -0.2) is 9.59 Å². The van der Waals surface area contributed by atoms with Crippen LogP contribution in [0, 0.1) is 0 Å². The maximum absolute atomic E-state index is 12.4. The van der Waals surface area contributed by atoms with Crippen LogP contribution in [0.4, 0.5) is 4.79 Å². The van der Waals surface area contributed by atoms with Gasteiger partial charge in [0.25, 0.3) is 0 Å². The highest BCUT2D eigenvalue weighted by Gasteiger charge is 2.33. The number of rotatable bonds is 7. The molecule has 0 spiro atoms. The van der Waals surface area contributed by atoms with Gasteiger partial charge in [-0.15, -0.1) is 0 Å². The maximum Gasteiger partial charge on any atom is 0.411 e. The summed E-state index contributed by atoms with van der Waals surface area (Å²) in [5.74, 6) is -2.39. The van der Waals surface area contributed by atoms with Crippen molar-refractivity contribution in [1.29, 1.82) is 0 Å². The van der Waals surface area contributed by atoms with E-state index in [0.717, 1.165) is 10.5 Å². The van der Waals surface area contributed by atoms with Crippen molar-refractivity contribution in [3.8, 4) is 0 Å². The molecule has 1 atom stereocenters. The van der Waals surface area contributed by atoms with Gasteiger partial charge in [-0.2, -0.15) is 0 Å². The first-order valence-corrected chi connectivity index (χ1v) is 7.58. The van der Waals surface area contributed by atoms with Crippen LogP contribution in [0.25, 0.3) is 0 Å². The summed E-state index contributed by atoms with van der Waals surface area (Å²) in [5, 5.41) is 18.3. The first-order chi connectivity index (χ1) is 11.1. The van der Waals surface area contributed by atoms with Crippen LogP contribution >= 0.6 is 0 Å². The Kier molecular flexibility index (Phi) is 6.76. The second kappa shape index (κ2) is 8.33. The highest BCUT2D eigenvalue weighted by molar-refractivity contribution is 5.81. The van der Waals surface area contributed by atoms with Gasteiger partial charge in [-0.1, -0.05) is 30.3 Å². The summed E-state index contributed by atoms with van der Waals surface area (Å²) in [6.07, 6.45) is -1.34. The van der Waals surface area contributed by atoms with E-state index in [0.29, 0.717) is 0 Å². The standard InChI is InChI=1S/C17H23NO6/c1-17(2,3)24-16(23)18(11-12-7-5-4-6-8-12)13(15(21)22)9-10-14(19)20/h4-8,13H,9-11H2,1-3H3,(H,19,20)(H,21,22)/t13-/m1/s1. The predicted octanol–water partition coefficient (Wildman–Crippen LogP) is 2.74. The number of hydrogen-bond donors (Lipinski definition) is 2. The molecular formula is C17H23NO6. The van der Waals surface area contributed by atoms with Crippen molar-refractivity contribution in [2.45, 2.75) is 51.8 Å². The molecule has 0 bridgehead atoms. The van der Waals surface area contributed by atoms with Crippen LogP contribution in [0.3, 0.4) is 0 Å². The third kappa shape index (κ3) is 6.68. The highest BCUT2D eigenvalue weighted by Crippen LogP contribution is 2.18. The zero-order valence-electron chi connectivity index (χ0n) is 14.1. The molecule has 0 aromatic heterocycles. The van der Waals surface area contributed by atoms with Crippen LogP contribution < -0.4 is 0 Å². The molecule has 0 aliphatic carbocycles. The SMILES string of the molecule is CC(C)(C)OC(=O)N(Cc1ccccc1)[C@H](CCC(=O)O)C(=O)O. The van der Waals surface area contributed by atoms with E-state index in [9.17, 15) is 19.5 Å². The Morgan fingerprint density at radius 2 is 1.71 bits per heavy atom. The second-order valence-corrected chi connectivity index (χ2v) is 6.38. The van der Waals surface area contributed by atoms with E-state index < -0.39 is 29.7 Å². The lowest BCUT2D eigenvalue weighted by Crippen LogP contribution is -2.47. The Morgan fingerprint density at radius 3 is 2.17 bits per heavy atom. The largest absolute Gasteiger partial charge is 0.481 e. The number of carboxylic acid groups (broad SMARTS) is 2. The van der Waals surface area contributed by atoms with Gasteiger partial charge in [0.05, 0.1) is 0 Å². The van der Waals surface area contributed by atoms with E-state index in [-0.39, 0.29) is 19.4 Å². The number of carboxylic acids is 2. The topological polar surface area (TPSA) is 104 Å². The average molecular weight is 337 g/mol. The smallest absolute Gasteiger partial charge is 0.411 e. The van der Waals surface area contributed by atoms with Gasteiger partial charge in [0.1, 0.15) is 11.6 Å². The van der Waals surface area contributed by atoms with Gasteiger partial charge in [0, 0.05) is 13.0 Å². The third-order valence-corrected chi connectivity index (χ3v) is 3.12. The van der Waals surface area contributed by atoms with Gasteiger partial charge >= 0.3 is 18.0 Å². The molecule has 0 saturated carbocycles. The molecule has 1 aromatic carbocycles. The van der Waals surface area contributed by atoms with E-state index in [1.807, 2.05) is 0 Å². The Morgan fingerprint density at radius 1 is 1.12 bits per heavy atom. The fourth-order valence-electron chi connectivity index (χ4n) is 2.08. The van der Waals surface area contributed by atoms with Crippen LogP contribution in [0.2, 0.25) is 0 Å². The monoisotopic (exact) mass is 337 g/mol. The number of carbonyl (C=O) groups excluding carboxylic acids is 1. The molecule has 132 valence electrons. The molecule has 1 rings (SSSR count). The Balaban J connectivity index is 3.06. The fraction of sp³-hybridized carbons (Fsp3) is 0.471. The summed E-state index contributed by atoms with van der Waals surface area (Å²) in [5.41, 5.74) is -0.0630. The molecule has 0 saturated heterocycles. The minimum Gasteiger partial charge on any atom is -0.481 e. The van der Waals surface area contributed by atoms with Crippen LogP contribution in [0.1, 0.15) is 39.2 Å². The molecular weight excluding hydrogens is 314 g/mol. The highest BCUT2D eigenvalue weighted by atomic mass is 16.6. The van der Waals surface area contributed by atoms with Gasteiger partial charge in [-0.05, 0) is 32.8 Å². The molecule has 7 nitrogen and oxygen atoms in total. The van der Waals surface area contributed by atoms with Gasteiger partial charge in [0.15, 0.2) is 0 Å². The number of hydrogen-bond acceptors (Lipinski definition) is 4. The second-order valence-electron chi connectivity index (χ2n) is 6.38. The maximum atomic E-state index is 12.4. The Hall–Kier alpha value is -2.57. The van der Waals surface area contributed by atoms with Crippen LogP contribution in [-0.4, -0.2) is 44.8 Å². The molecule has 2 N–H and O–H groups in total. The van der Waals surface area contributed by atoms with Crippen LogP contribution in [0.5, 0.6) is 0 Å². The van der Waals surface area contributed by atoms with Crippen molar-refractivity contribution >= 4 is 18.0 Å². The minimum absolute atomic E-state index is 0.0202. The number of amides is 1. The zero-order valence-corrected chi connectivity index (χ0v) is 14.1. The molecule has 0 unspecified atom stereocenters. The van der Waals surface area contributed by atoms with Crippen molar-refractivity contribution in [2.75, 3.05) is 0 Å². The molecule has 24 heavy (non-hydrogen) atoms. The summed E-state index contributed by atoms with van der Waals surface area (Å²) >= 11 is 0. The predicted molar refractivity (Wildman–Crippen MR) is 86.5 cm³/mol. The lowest BCUT2D eigenvalue weighted by molar-refractivity contribution is -0.144. The quantitative estimate of drug-likeness (QED) is 0.793. The zero-order chi connectivity index (χ0) is 18.3. The summed E-state index contributed by atoms with van der Waals surface area (Å²) in [7, 11) is 0. The number of carbonyl (C=O) groups is 3. The van der Waals surface area contributed by atoms with Crippen LogP contribution in [-0.2, 0) is 20.9 Å². The van der Waals surface area contributed by atoms with E-state index >= 15 is 0 Å². The first kappa shape index (κ1) is 19.5. The molecule has 7 heteroatoms. The van der Waals surface area contributed by atoms with Gasteiger partial charge < -0.3 is 14.9 Å². The van der Waals surface area contributed by atoms with Gasteiger partial charge in [0.2, 0.25) is 0 Å². The third-order valence-electron chi connectivity index (χ3n) is 3.12. The Labute approximate surface area is 140 Å². The number of aliphatic carboxylic acids is 2. The molecule has 0 aliphatic heterocycles. The van der Waals surface area contributed by atoms with Crippen LogP contribution in [0.15, 0.2) is 30.3 Å². The van der Waals surface area contributed by atoms with Crippen molar-refractivity contribution in [1.82, 2.24) is 4.90 Å². The van der Waals surface area contributed by atoms with E-state index in [2.05, 4.69) is 0 Å². The Bertz CT molecular complexity index is 578. The summed E-state index contributed by atoms with van der Waals surface area (Å²) in [6, 6.07) is 7.59. The molecule has 1 aromatic rings. The molecule has 0 radical (unpaired) electrons.